The minimum Gasteiger partial charge on any atom is -0.342 e. The van der Waals surface area contributed by atoms with Gasteiger partial charge in [-0.3, -0.25) is 4.79 Å². The number of aryl methyl sites for hydroxylation is 2. The molecule has 3 nitrogen and oxygen atoms in total. The second-order valence-electron chi connectivity index (χ2n) is 4.87. The molecule has 0 aliphatic heterocycles. The standard InChI is InChI=1S/C14H22N2O/c1-10-7-11(2)9-13(8-10)14(17)16(4)6-5-12(3)15/h7-9,12H,5-6,15H2,1-4H3. The van der Waals surface area contributed by atoms with E-state index >= 15 is 0 Å². The van der Waals surface area contributed by atoms with Crippen molar-refractivity contribution in [1.82, 2.24) is 4.90 Å². The van der Waals surface area contributed by atoms with E-state index in [1.54, 1.807) is 4.90 Å². The molecule has 0 aromatic heterocycles. The number of hydrogen-bond acceptors (Lipinski definition) is 2. The first-order chi connectivity index (χ1) is 7.90. The van der Waals surface area contributed by atoms with Gasteiger partial charge in [0.15, 0.2) is 0 Å². The number of nitrogens with two attached hydrogens (primary N) is 1. The molecule has 1 unspecified atom stereocenters. The molecule has 1 atom stereocenters. The molecule has 0 aliphatic carbocycles. The van der Waals surface area contributed by atoms with Crippen LogP contribution in [0.2, 0.25) is 0 Å². The molecule has 0 bridgehead atoms. The number of nitrogens with zero attached hydrogens (tertiary/aromatic N) is 1. The Morgan fingerprint density at radius 1 is 1.29 bits per heavy atom. The maximum Gasteiger partial charge on any atom is 0.253 e. The van der Waals surface area contributed by atoms with Crippen LogP contribution in [0, 0.1) is 13.8 Å². The van der Waals surface area contributed by atoms with Crippen molar-refractivity contribution in [3.8, 4) is 0 Å². The van der Waals surface area contributed by atoms with Crippen LogP contribution in [-0.2, 0) is 0 Å². The van der Waals surface area contributed by atoms with Crippen molar-refractivity contribution in [2.45, 2.75) is 33.2 Å². The third-order valence-corrected chi connectivity index (χ3v) is 2.74. The topological polar surface area (TPSA) is 46.3 Å². The monoisotopic (exact) mass is 234 g/mol. The van der Waals surface area contributed by atoms with Crippen molar-refractivity contribution < 1.29 is 4.79 Å². The Balaban J connectivity index is 2.74. The zero-order valence-electron chi connectivity index (χ0n) is 11.2. The highest BCUT2D eigenvalue weighted by Gasteiger charge is 2.12. The smallest absolute Gasteiger partial charge is 0.253 e. The molecular weight excluding hydrogens is 212 g/mol. The molecule has 0 saturated carbocycles. The fourth-order valence-electron chi connectivity index (χ4n) is 1.82. The van der Waals surface area contributed by atoms with Crippen LogP contribution >= 0.6 is 0 Å². The van der Waals surface area contributed by atoms with E-state index in [0.29, 0.717) is 6.54 Å². The summed E-state index contributed by atoms with van der Waals surface area (Å²) >= 11 is 0. The molecule has 1 aromatic carbocycles. The van der Waals surface area contributed by atoms with Gasteiger partial charge in [0, 0.05) is 25.2 Å². The van der Waals surface area contributed by atoms with E-state index in [9.17, 15) is 4.79 Å². The average molecular weight is 234 g/mol. The molecule has 0 fully saturated rings. The van der Waals surface area contributed by atoms with Gasteiger partial charge in [0.25, 0.3) is 5.91 Å². The molecule has 94 valence electrons. The van der Waals surface area contributed by atoms with Crippen molar-refractivity contribution in [2.75, 3.05) is 13.6 Å². The summed E-state index contributed by atoms with van der Waals surface area (Å²) in [6.45, 7) is 6.66. The zero-order valence-corrected chi connectivity index (χ0v) is 11.2. The Hall–Kier alpha value is -1.35. The van der Waals surface area contributed by atoms with E-state index in [2.05, 4.69) is 6.07 Å². The second kappa shape index (κ2) is 5.82. The first-order valence-electron chi connectivity index (χ1n) is 5.99. The van der Waals surface area contributed by atoms with Crippen LogP contribution < -0.4 is 5.73 Å². The van der Waals surface area contributed by atoms with Crippen LogP contribution in [0.25, 0.3) is 0 Å². The summed E-state index contributed by atoms with van der Waals surface area (Å²) in [6.07, 6.45) is 0.826. The first kappa shape index (κ1) is 13.7. The lowest BCUT2D eigenvalue weighted by molar-refractivity contribution is 0.0791. The largest absolute Gasteiger partial charge is 0.342 e. The highest BCUT2D eigenvalue weighted by atomic mass is 16.2. The van der Waals surface area contributed by atoms with Crippen molar-refractivity contribution in [1.29, 1.82) is 0 Å². The van der Waals surface area contributed by atoms with Gasteiger partial charge in [-0.1, -0.05) is 17.2 Å². The maximum atomic E-state index is 12.1. The van der Waals surface area contributed by atoms with Gasteiger partial charge in [-0.05, 0) is 39.3 Å². The van der Waals surface area contributed by atoms with E-state index in [1.165, 1.54) is 0 Å². The summed E-state index contributed by atoms with van der Waals surface area (Å²) in [5, 5.41) is 0. The third kappa shape index (κ3) is 4.19. The van der Waals surface area contributed by atoms with Crippen molar-refractivity contribution in [3.05, 3.63) is 34.9 Å². The summed E-state index contributed by atoms with van der Waals surface area (Å²) in [5.74, 6) is 0.0671. The van der Waals surface area contributed by atoms with E-state index in [-0.39, 0.29) is 11.9 Å². The molecule has 0 aliphatic rings. The van der Waals surface area contributed by atoms with Crippen LogP contribution in [-0.4, -0.2) is 30.4 Å². The molecule has 0 spiro atoms. The van der Waals surface area contributed by atoms with Crippen molar-refractivity contribution in [3.63, 3.8) is 0 Å². The maximum absolute atomic E-state index is 12.1. The summed E-state index contributed by atoms with van der Waals surface area (Å²) in [5.41, 5.74) is 8.69. The number of amides is 1. The Morgan fingerprint density at radius 3 is 2.29 bits per heavy atom. The van der Waals surface area contributed by atoms with Crippen LogP contribution in [0.4, 0.5) is 0 Å². The normalized spacial score (nSPS) is 12.3. The summed E-state index contributed by atoms with van der Waals surface area (Å²) in [6, 6.07) is 6.05. The number of carbonyl (C=O) groups is 1. The summed E-state index contributed by atoms with van der Waals surface area (Å²) < 4.78 is 0. The van der Waals surface area contributed by atoms with Crippen LogP contribution in [0.3, 0.4) is 0 Å². The lowest BCUT2D eigenvalue weighted by Crippen LogP contribution is -2.31. The lowest BCUT2D eigenvalue weighted by atomic mass is 10.1. The molecule has 0 saturated heterocycles. The molecule has 2 N–H and O–H groups in total. The third-order valence-electron chi connectivity index (χ3n) is 2.74. The zero-order chi connectivity index (χ0) is 13.0. The Kier molecular flexibility index (Phi) is 4.70. The van der Waals surface area contributed by atoms with Gasteiger partial charge in [-0.15, -0.1) is 0 Å². The van der Waals surface area contributed by atoms with Crippen LogP contribution in [0.5, 0.6) is 0 Å². The van der Waals surface area contributed by atoms with Gasteiger partial charge in [0.1, 0.15) is 0 Å². The number of benzene rings is 1. The van der Waals surface area contributed by atoms with Gasteiger partial charge in [-0.2, -0.15) is 0 Å². The molecule has 1 rings (SSSR count). The molecular formula is C14H22N2O. The predicted molar refractivity (Wildman–Crippen MR) is 71.1 cm³/mol. The molecule has 0 heterocycles. The molecule has 1 amide bonds. The number of hydrogen-bond donors (Lipinski definition) is 1. The highest BCUT2D eigenvalue weighted by Crippen LogP contribution is 2.11. The van der Waals surface area contributed by atoms with Gasteiger partial charge >= 0.3 is 0 Å². The van der Waals surface area contributed by atoms with E-state index in [0.717, 1.165) is 23.1 Å². The Labute approximate surface area is 104 Å². The molecule has 1 aromatic rings. The quantitative estimate of drug-likeness (QED) is 0.867. The summed E-state index contributed by atoms with van der Waals surface area (Å²) in [4.78, 5) is 13.9. The molecule has 0 radical (unpaired) electrons. The fraction of sp³-hybridized carbons (Fsp3) is 0.500. The lowest BCUT2D eigenvalue weighted by Gasteiger charge is -2.18. The van der Waals surface area contributed by atoms with Crippen LogP contribution in [0.1, 0.15) is 34.8 Å². The molecule has 3 heteroatoms. The highest BCUT2D eigenvalue weighted by molar-refractivity contribution is 5.94. The van der Waals surface area contributed by atoms with E-state index in [1.807, 2.05) is 40.0 Å². The minimum absolute atomic E-state index is 0.0671. The van der Waals surface area contributed by atoms with Gasteiger partial charge in [0.05, 0.1) is 0 Å². The van der Waals surface area contributed by atoms with E-state index in [4.69, 9.17) is 5.73 Å². The Bertz CT molecular complexity index is 379. The van der Waals surface area contributed by atoms with Gasteiger partial charge in [0.2, 0.25) is 0 Å². The average Bonchev–Trinajstić information content (AvgIpc) is 2.23. The minimum atomic E-state index is 0.0671. The van der Waals surface area contributed by atoms with Crippen LogP contribution in [0.15, 0.2) is 18.2 Å². The van der Waals surface area contributed by atoms with Crippen molar-refractivity contribution >= 4 is 5.91 Å². The van der Waals surface area contributed by atoms with Gasteiger partial charge < -0.3 is 10.6 Å². The van der Waals surface area contributed by atoms with E-state index < -0.39 is 0 Å². The number of rotatable bonds is 4. The SMILES string of the molecule is Cc1cc(C)cc(C(=O)N(C)CCC(C)N)c1. The van der Waals surface area contributed by atoms with Crippen molar-refractivity contribution in [2.24, 2.45) is 5.73 Å². The van der Waals surface area contributed by atoms with Gasteiger partial charge in [-0.25, -0.2) is 0 Å². The predicted octanol–water partition coefficient (Wildman–Crippen LogP) is 2.11. The molecule has 17 heavy (non-hydrogen) atoms. The fourth-order valence-corrected chi connectivity index (χ4v) is 1.82. The number of carbonyl (C=O) groups excluding carboxylic acids is 1. The second-order valence-corrected chi connectivity index (χ2v) is 4.87. The first-order valence-corrected chi connectivity index (χ1v) is 5.99. The Morgan fingerprint density at radius 2 is 1.82 bits per heavy atom. The summed E-state index contributed by atoms with van der Waals surface area (Å²) in [7, 11) is 1.82.